The van der Waals surface area contributed by atoms with Crippen LogP contribution in [0.15, 0.2) is 23.2 Å². The zero-order chi connectivity index (χ0) is 14.5. The van der Waals surface area contributed by atoms with Crippen LogP contribution < -0.4 is 15.2 Å². The van der Waals surface area contributed by atoms with Gasteiger partial charge in [-0.2, -0.15) is 0 Å². The van der Waals surface area contributed by atoms with Gasteiger partial charge in [-0.05, 0) is 17.7 Å². The lowest BCUT2D eigenvalue weighted by molar-refractivity contribution is 0.166. The number of benzene rings is 1. The summed E-state index contributed by atoms with van der Waals surface area (Å²) in [4.78, 5) is 6.37. The number of nitrogens with zero attached hydrogens (tertiary/aromatic N) is 2. The van der Waals surface area contributed by atoms with E-state index < -0.39 is 0 Å². The van der Waals surface area contributed by atoms with Gasteiger partial charge in [0.05, 0.1) is 33.4 Å². The second-order valence-electron chi connectivity index (χ2n) is 4.52. The molecule has 0 amide bonds. The molecule has 110 valence electrons. The number of methoxy groups -OCH3 is 3. The molecular weight excluding hydrogens is 258 g/mol. The molecule has 1 aliphatic heterocycles. The summed E-state index contributed by atoms with van der Waals surface area (Å²) < 4.78 is 15.7. The number of aliphatic imine (C=N–C) groups is 1. The maximum absolute atomic E-state index is 5.94. The number of ether oxygens (including phenoxy) is 3. The zero-order valence-corrected chi connectivity index (χ0v) is 12.1. The van der Waals surface area contributed by atoms with Crippen molar-refractivity contribution in [1.82, 2.24) is 4.90 Å². The molecule has 1 aliphatic rings. The predicted octanol–water partition coefficient (Wildman–Crippen LogP) is 1.02. The molecule has 0 radical (unpaired) electrons. The number of rotatable bonds is 6. The molecule has 0 spiro atoms. The molecule has 0 saturated heterocycles. The summed E-state index contributed by atoms with van der Waals surface area (Å²) in [5.41, 5.74) is 7.04. The Morgan fingerprint density at radius 3 is 2.65 bits per heavy atom. The van der Waals surface area contributed by atoms with E-state index in [0.717, 1.165) is 5.56 Å². The minimum atomic E-state index is 0.116. The number of hydrogen-bond acceptors (Lipinski definition) is 6. The van der Waals surface area contributed by atoms with Crippen LogP contribution >= 0.6 is 0 Å². The van der Waals surface area contributed by atoms with E-state index >= 15 is 0 Å². The van der Waals surface area contributed by atoms with Crippen molar-refractivity contribution in [2.45, 2.75) is 6.04 Å². The zero-order valence-electron chi connectivity index (χ0n) is 12.1. The van der Waals surface area contributed by atoms with Crippen molar-refractivity contribution >= 4 is 5.96 Å². The quantitative estimate of drug-likeness (QED) is 0.842. The minimum Gasteiger partial charge on any atom is -0.493 e. The molecule has 0 aliphatic carbocycles. The van der Waals surface area contributed by atoms with Crippen LogP contribution in [0.1, 0.15) is 11.6 Å². The van der Waals surface area contributed by atoms with Gasteiger partial charge in [-0.1, -0.05) is 6.07 Å². The van der Waals surface area contributed by atoms with E-state index in [0.29, 0.717) is 37.2 Å². The third-order valence-corrected chi connectivity index (χ3v) is 3.43. The Morgan fingerprint density at radius 2 is 2.00 bits per heavy atom. The highest BCUT2D eigenvalue weighted by Crippen LogP contribution is 2.33. The van der Waals surface area contributed by atoms with Crippen LogP contribution in [0.5, 0.6) is 11.5 Å². The fourth-order valence-electron chi connectivity index (χ4n) is 2.33. The van der Waals surface area contributed by atoms with Crippen molar-refractivity contribution in [1.29, 1.82) is 0 Å². The highest BCUT2D eigenvalue weighted by molar-refractivity contribution is 5.80. The normalized spacial score (nSPS) is 18.1. The average Bonchev–Trinajstić information content (AvgIpc) is 2.85. The summed E-state index contributed by atoms with van der Waals surface area (Å²) in [6.45, 7) is 1.97. The van der Waals surface area contributed by atoms with E-state index in [9.17, 15) is 0 Å². The first kappa shape index (κ1) is 14.5. The Hall–Kier alpha value is -1.95. The molecule has 20 heavy (non-hydrogen) atoms. The average molecular weight is 279 g/mol. The standard InChI is InChI=1S/C14H21N3O3/c1-18-7-6-17-11(9-16-14(17)15)10-4-5-12(19-2)13(8-10)20-3/h4-5,8,11H,6-7,9H2,1-3H3,(H2,15,16). The van der Waals surface area contributed by atoms with E-state index in [4.69, 9.17) is 19.9 Å². The van der Waals surface area contributed by atoms with E-state index in [-0.39, 0.29) is 6.04 Å². The molecule has 2 rings (SSSR count). The summed E-state index contributed by atoms with van der Waals surface area (Å²) in [5.74, 6) is 1.98. The first-order chi connectivity index (χ1) is 9.71. The molecule has 0 fully saturated rings. The SMILES string of the molecule is COCCN1C(N)=NCC1c1ccc(OC)c(OC)c1. The van der Waals surface area contributed by atoms with Crippen LogP contribution in [0, 0.1) is 0 Å². The van der Waals surface area contributed by atoms with Gasteiger partial charge in [-0.3, -0.25) is 4.99 Å². The van der Waals surface area contributed by atoms with E-state index in [2.05, 4.69) is 4.99 Å². The predicted molar refractivity (Wildman–Crippen MR) is 77.4 cm³/mol. The minimum absolute atomic E-state index is 0.116. The lowest BCUT2D eigenvalue weighted by Crippen LogP contribution is -2.38. The van der Waals surface area contributed by atoms with Crippen LogP contribution in [0.2, 0.25) is 0 Å². The van der Waals surface area contributed by atoms with Crippen LogP contribution in [0.4, 0.5) is 0 Å². The first-order valence-corrected chi connectivity index (χ1v) is 6.48. The van der Waals surface area contributed by atoms with Crippen molar-refractivity contribution < 1.29 is 14.2 Å². The summed E-state index contributed by atoms with van der Waals surface area (Å²) in [6.07, 6.45) is 0. The second-order valence-corrected chi connectivity index (χ2v) is 4.52. The summed E-state index contributed by atoms with van der Waals surface area (Å²) in [7, 11) is 4.93. The fourth-order valence-corrected chi connectivity index (χ4v) is 2.33. The van der Waals surface area contributed by atoms with Gasteiger partial charge in [0.2, 0.25) is 0 Å². The third-order valence-electron chi connectivity index (χ3n) is 3.43. The summed E-state index contributed by atoms with van der Waals surface area (Å²) in [6, 6.07) is 6.00. The van der Waals surface area contributed by atoms with Gasteiger partial charge in [0.1, 0.15) is 0 Å². The Kier molecular flexibility index (Phi) is 4.68. The van der Waals surface area contributed by atoms with Crippen molar-refractivity contribution in [3.63, 3.8) is 0 Å². The molecule has 0 aromatic heterocycles. The van der Waals surface area contributed by atoms with E-state index in [1.54, 1.807) is 21.3 Å². The van der Waals surface area contributed by atoms with Gasteiger partial charge in [0.25, 0.3) is 0 Å². The molecule has 6 heteroatoms. The van der Waals surface area contributed by atoms with Crippen LogP contribution in [0.25, 0.3) is 0 Å². The van der Waals surface area contributed by atoms with Gasteiger partial charge in [0, 0.05) is 13.7 Å². The molecule has 0 bridgehead atoms. The fraction of sp³-hybridized carbons (Fsp3) is 0.500. The summed E-state index contributed by atoms with van der Waals surface area (Å²) >= 11 is 0. The summed E-state index contributed by atoms with van der Waals surface area (Å²) in [5, 5.41) is 0. The maximum atomic E-state index is 5.94. The molecule has 2 N–H and O–H groups in total. The number of nitrogens with two attached hydrogens (primary N) is 1. The van der Waals surface area contributed by atoms with Gasteiger partial charge in [-0.25, -0.2) is 0 Å². The lowest BCUT2D eigenvalue weighted by atomic mass is 10.1. The van der Waals surface area contributed by atoms with E-state index in [1.165, 1.54) is 0 Å². The van der Waals surface area contributed by atoms with Crippen molar-refractivity contribution in [3.8, 4) is 11.5 Å². The van der Waals surface area contributed by atoms with Gasteiger partial charge in [-0.15, -0.1) is 0 Å². The molecule has 1 heterocycles. The number of hydrogen-bond donors (Lipinski definition) is 1. The van der Waals surface area contributed by atoms with Gasteiger partial charge < -0.3 is 24.8 Å². The highest BCUT2D eigenvalue weighted by atomic mass is 16.5. The Labute approximate surface area is 119 Å². The highest BCUT2D eigenvalue weighted by Gasteiger charge is 2.27. The van der Waals surface area contributed by atoms with Crippen molar-refractivity contribution in [2.75, 3.05) is 41.0 Å². The Morgan fingerprint density at radius 1 is 1.25 bits per heavy atom. The van der Waals surface area contributed by atoms with Gasteiger partial charge in [0.15, 0.2) is 17.5 Å². The van der Waals surface area contributed by atoms with Crippen molar-refractivity contribution in [2.24, 2.45) is 10.7 Å². The van der Waals surface area contributed by atoms with Gasteiger partial charge >= 0.3 is 0 Å². The Bertz CT molecular complexity index is 491. The molecule has 6 nitrogen and oxygen atoms in total. The van der Waals surface area contributed by atoms with E-state index in [1.807, 2.05) is 23.1 Å². The largest absolute Gasteiger partial charge is 0.493 e. The molecular formula is C14H21N3O3. The molecule has 1 atom stereocenters. The topological polar surface area (TPSA) is 69.3 Å². The monoisotopic (exact) mass is 279 g/mol. The molecule has 1 unspecified atom stereocenters. The smallest absolute Gasteiger partial charge is 0.192 e. The molecule has 1 aromatic rings. The molecule has 1 aromatic carbocycles. The van der Waals surface area contributed by atoms with Crippen LogP contribution in [-0.4, -0.2) is 51.9 Å². The molecule has 0 saturated carbocycles. The Balaban J connectivity index is 2.22. The maximum Gasteiger partial charge on any atom is 0.192 e. The second kappa shape index (κ2) is 6.47. The number of guanidine groups is 1. The van der Waals surface area contributed by atoms with Crippen molar-refractivity contribution in [3.05, 3.63) is 23.8 Å². The lowest BCUT2D eigenvalue weighted by Gasteiger charge is -2.26. The van der Waals surface area contributed by atoms with Crippen LogP contribution in [-0.2, 0) is 4.74 Å². The first-order valence-electron chi connectivity index (χ1n) is 6.48. The van der Waals surface area contributed by atoms with Crippen LogP contribution in [0.3, 0.4) is 0 Å². The third kappa shape index (κ3) is 2.80.